The van der Waals surface area contributed by atoms with Crippen LogP contribution in [-0.4, -0.2) is 24.1 Å². The first-order chi connectivity index (χ1) is 31.2. The third kappa shape index (κ3) is 5.55. The van der Waals surface area contributed by atoms with Crippen LogP contribution in [0.3, 0.4) is 0 Å². The molecule has 0 radical (unpaired) electrons. The Hall–Kier alpha value is -8.61. The lowest BCUT2D eigenvalue weighted by atomic mass is 10.0. The van der Waals surface area contributed by atoms with E-state index in [0.29, 0.717) is 17.7 Å². The van der Waals surface area contributed by atoms with Crippen molar-refractivity contribution in [2.75, 3.05) is 0 Å². The molecule has 0 aliphatic carbocycles. The molecular formula is C57H35N5O. The summed E-state index contributed by atoms with van der Waals surface area (Å²) >= 11 is 0. The highest BCUT2D eigenvalue weighted by atomic mass is 16.3. The lowest BCUT2D eigenvalue weighted by molar-refractivity contribution is 0.669. The molecule has 294 valence electrons. The van der Waals surface area contributed by atoms with Gasteiger partial charge in [-0.3, -0.25) is 9.13 Å². The molecule has 0 fully saturated rings. The fourth-order valence-electron chi connectivity index (χ4n) is 9.58. The van der Waals surface area contributed by atoms with E-state index < -0.39 is 0 Å². The van der Waals surface area contributed by atoms with Crippen LogP contribution in [0.4, 0.5) is 0 Å². The molecule has 4 aromatic heterocycles. The van der Waals surface area contributed by atoms with E-state index in [2.05, 4.69) is 209 Å². The highest BCUT2D eigenvalue weighted by Gasteiger charge is 2.20. The number of rotatable bonds is 4. The molecule has 6 nitrogen and oxygen atoms in total. The summed E-state index contributed by atoms with van der Waals surface area (Å²) in [7, 11) is 0. The number of fused-ring (bicyclic) bond motifs is 13. The molecule has 0 atom stereocenters. The zero-order valence-electron chi connectivity index (χ0n) is 33.9. The molecule has 0 amide bonds. The van der Waals surface area contributed by atoms with Gasteiger partial charge in [0.2, 0.25) is 11.9 Å². The number of hydrogen-bond donors (Lipinski definition) is 0. The van der Waals surface area contributed by atoms with Gasteiger partial charge >= 0.3 is 0 Å². The highest BCUT2D eigenvalue weighted by Crippen LogP contribution is 2.37. The molecule has 0 N–H and O–H groups in total. The summed E-state index contributed by atoms with van der Waals surface area (Å²) < 4.78 is 10.6. The predicted octanol–water partition coefficient (Wildman–Crippen LogP) is 14.7. The summed E-state index contributed by atoms with van der Waals surface area (Å²) in [5.74, 6) is 1.61. The molecule has 63 heavy (non-hydrogen) atoms. The second-order valence-corrected chi connectivity index (χ2v) is 16.0. The van der Waals surface area contributed by atoms with Gasteiger partial charge in [-0.1, -0.05) is 170 Å². The van der Waals surface area contributed by atoms with Gasteiger partial charge in [-0.05, 0) is 75.1 Å². The lowest BCUT2D eigenvalue weighted by Gasteiger charge is -2.15. The molecule has 0 saturated heterocycles. The Morgan fingerprint density at radius 2 is 0.619 bits per heavy atom. The zero-order chi connectivity index (χ0) is 41.4. The van der Waals surface area contributed by atoms with Crippen LogP contribution in [0.15, 0.2) is 217 Å². The predicted molar refractivity (Wildman–Crippen MR) is 259 cm³/mol. The van der Waals surface area contributed by atoms with Crippen molar-refractivity contribution in [3.05, 3.63) is 212 Å². The van der Waals surface area contributed by atoms with E-state index in [4.69, 9.17) is 19.4 Å². The molecule has 4 heterocycles. The van der Waals surface area contributed by atoms with E-state index in [1.165, 1.54) is 10.8 Å². The van der Waals surface area contributed by atoms with Crippen LogP contribution in [-0.2, 0) is 0 Å². The molecule has 0 aliphatic rings. The Balaban J connectivity index is 1.12. The molecule has 0 bridgehead atoms. The van der Waals surface area contributed by atoms with Crippen molar-refractivity contribution in [3.63, 3.8) is 0 Å². The largest absolute Gasteiger partial charge is 0.456 e. The number of para-hydroxylation sites is 5. The van der Waals surface area contributed by atoms with Gasteiger partial charge in [0.15, 0.2) is 5.82 Å². The number of furan rings is 1. The van der Waals surface area contributed by atoms with E-state index in [0.717, 1.165) is 93.0 Å². The van der Waals surface area contributed by atoms with Crippen molar-refractivity contribution in [2.24, 2.45) is 0 Å². The standard InChI is InChI=1S/C57H35N5O/c1-3-17-41-39(15-1)40-16-2-4-18-42(40)44-20-6-11-25-50(44)61(49-24-10-5-19-43(41)49)56-58-55(59-57(60-56)62-51-26-12-7-21-45(51)46-22-8-13-27-52(46)62)37-31-29-36(30-32-37)38-33-34-54-48(35-38)47-23-9-14-28-53(47)63-54/h1-35H. The Morgan fingerprint density at radius 1 is 0.270 bits per heavy atom. The van der Waals surface area contributed by atoms with Crippen molar-refractivity contribution < 1.29 is 4.42 Å². The number of hydrogen-bond acceptors (Lipinski definition) is 4. The number of benzene rings is 9. The van der Waals surface area contributed by atoms with Crippen molar-refractivity contribution in [2.45, 2.75) is 0 Å². The fraction of sp³-hybridized carbons (Fsp3) is 0. The monoisotopic (exact) mass is 805 g/mol. The third-order valence-corrected chi connectivity index (χ3v) is 12.5. The van der Waals surface area contributed by atoms with Crippen molar-refractivity contribution in [1.82, 2.24) is 24.1 Å². The molecular weight excluding hydrogens is 771 g/mol. The Morgan fingerprint density at radius 3 is 1.11 bits per heavy atom. The van der Waals surface area contributed by atoms with Gasteiger partial charge in [0.1, 0.15) is 11.2 Å². The van der Waals surface area contributed by atoms with E-state index in [1.807, 2.05) is 12.1 Å². The maximum absolute atomic E-state index is 6.15. The van der Waals surface area contributed by atoms with Crippen LogP contribution >= 0.6 is 0 Å². The average Bonchev–Trinajstić information content (AvgIpc) is 3.91. The Labute approximate surface area is 360 Å². The maximum atomic E-state index is 6.15. The van der Waals surface area contributed by atoms with Crippen molar-refractivity contribution in [1.29, 1.82) is 0 Å². The summed E-state index contributed by atoms with van der Waals surface area (Å²) in [5.41, 5.74) is 8.80. The fourth-order valence-corrected chi connectivity index (χ4v) is 9.58. The topological polar surface area (TPSA) is 61.7 Å². The van der Waals surface area contributed by atoms with Crippen LogP contribution < -0.4 is 0 Å². The van der Waals surface area contributed by atoms with Gasteiger partial charge in [0.05, 0.1) is 22.1 Å². The van der Waals surface area contributed by atoms with E-state index in [1.54, 1.807) is 0 Å². The van der Waals surface area contributed by atoms with Crippen molar-refractivity contribution >= 4 is 87.1 Å². The Kier molecular flexibility index (Phi) is 7.80. The molecule has 0 aliphatic heterocycles. The number of nitrogens with zero attached hydrogens (tertiary/aromatic N) is 5. The second kappa shape index (κ2) is 14.0. The van der Waals surface area contributed by atoms with Crippen LogP contribution in [0, 0.1) is 0 Å². The van der Waals surface area contributed by atoms with Gasteiger partial charge in [-0.25, -0.2) is 0 Å². The molecule has 13 aromatic rings. The van der Waals surface area contributed by atoms with E-state index >= 15 is 0 Å². The first-order valence-corrected chi connectivity index (χ1v) is 21.2. The van der Waals surface area contributed by atoms with Gasteiger partial charge in [0.25, 0.3) is 0 Å². The molecule has 9 aromatic carbocycles. The normalized spacial score (nSPS) is 11.8. The number of aromatic nitrogens is 5. The van der Waals surface area contributed by atoms with Crippen LogP contribution in [0.25, 0.3) is 122 Å². The molecule has 13 rings (SSSR count). The average molecular weight is 806 g/mol. The quantitative estimate of drug-likeness (QED) is 0.178. The van der Waals surface area contributed by atoms with Crippen LogP contribution in [0.5, 0.6) is 0 Å². The molecule has 0 unspecified atom stereocenters. The third-order valence-electron chi connectivity index (χ3n) is 12.5. The molecule has 0 saturated carbocycles. The van der Waals surface area contributed by atoms with E-state index in [-0.39, 0.29) is 0 Å². The maximum Gasteiger partial charge on any atom is 0.240 e. The Bertz CT molecular complexity index is 3890. The molecule has 0 spiro atoms. The van der Waals surface area contributed by atoms with Gasteiger partial charge in [-0.2, -0.15) is 15.0 Å². The SMILES string of the molecule is c1ccc2c(c1)oc1ccc(-c3ccc(-c4nc(-n5c6ccccc6c6ccccc6c6ccccc6c6ccccc65)nc(-n5c6ccccc6c6ccccc65)n4)cc3)cc12. The zero-order valence-corrected chi connectivity index (χ0v) is 33.9. The minimum Gasteiger partial charge on any atom is -0.456 e. The minimum absolute atomic E-state index is 0.509. The minimum atomic E-state index is 0.509. The van der Waals surface area contributed by atoms with Crippen LogP contribution in [0.1, 0.15) is 0 Å². The van der Waals surface area contributed by atoms with E-state index in [9.17, 15) is 0 Å². The summed E-state index contributed by atoms with van der Waals surface area (Å²) in [6.07, 6.45) is 0. The smallest absolute Gasteiger partial charge is 0.240 e. The summed E-state index contributed by atoms with van der Waals surface area (Å²) in [4.78, 5) is 16.3. The first-order valence-electron chi connectivity index (χ1n) is 21.2. The summed E-state index contributed by atoms with van der Waals surface area (Å²) in [6.45, 7) is 0. The van der Waals surface area contributed by atoms with Crippen molar-refractivity contribution in [3.8, 4) is 34.4 Å². The summed E-state index contributed by atoms with van der Waals surface area (Å²) in [6, 6.07) is 74.7. The summed E-state index contributed by atoms with van der Waals surface area (Å²) in [5, 5.41) is 11.2. The van der Waals surface area contributed by atoms with Crippen LogP contribution in [0.2, 0.25) is 0 Å². The van der Waals surface area contributed by atoms with Gasteiger partial charge in [-0.15, -0.1) is 0 Å². The van der Waals surface area contributed by atoms with Gasteiger partial charge in [0, 0.05) is 37.9 Å². The molecule has 6 heteroatoms. The highest BCUT2D eigenvalue weighted by molar-refractivity contribution is 6.19. The first kappa shape index (κ1) is 35.2. The lowest BCUT2D eigenvalue weighted by Crippen LogP contribution is -2.11. The second-order valence-electron chi connectivity index (χ2n) is 16.0. The van der Waals surface area contributed by atoms with Gasteiger partial charge < -0.3 is 4.42 Å².